The van der Waals surface area contributed by atoms with Gasteiger partial charge >= 0.3 is 0 Å². The Bertz CT molecular complexity index is 163. The molecule has 0 amide bonds. The van der Waals surface area contributed by atoms with Crippen LogP contribution in [0.4, 0.5) is 0 Å². The first-order chi connectivity index (χ1) is 4.72. The fraction of sp³-hybridized carbons (Fsp3) is 0.714. The van der Waals surface area contributed by atoms with Crippen molar-refractivity contribution in [2.45, 2.75) is 26.6 Å². The lowest BCUT2D eigenvalue weighted by Gasteiger charge is -2.14. The summed E-state index contributed by atoms with van der Waals surface area (Å²) >= 11 is 0. The number of nitrogens with zero attached hydrogens (tertiary/aromatic N) is 2. The Morgan fingerprint density at radius 1 is 1.30 bits per heavy atom. The third-order valence-corrected chi connectivity index (χ3v) is 1.46. The predicted molar refractivity (Wildman–Crippen MR) is 43.7 cm³/mol. The maximum atomic E-state index is 4.27. The van der Waals surface area contributed by atoms with Crippen LogP contribution in [0, 0.1) is 0 Å². The molecule has 10 heavy (non-hydrogen) atoms. The van der Waals surface area contributed by atoms with Gasteiger partial charge in [0, 0.05) is 17.8 Å². The second kappa shape index (κ2) is 2.92. The quantitative estimate of drug-likeness (QED) is 0.573. The highest BCUT2D eigenvalue weighted by atomic mass is 15.2. The number of aliphatic imine (C=N–C) groups is 2. The summed E-state index contributed by atoms with van der Waals surface area (Å²) in [5.41, 5.74) is 2.32. The van der Waals surface area contributed by atoms with Gasteiger partial charge in [-0.15, -0.1) is 0 Å². The highest BCUT2D eigenvalue weighted by Crippen LogP contribution is 2.03. The van der Waals surface area contributed by atoms with Gasteiger partial charge in [-0.25, -0.2) is 0 Å². The van der Waals surface area contributed by atoms with Crippen LogP contribution in [-0.4, -0.2) is 24.8 Å². The molecule has 0 aromatic carbocycles. The van der Waals surface area contributed by atoms with Crippen LogP contribution in [0.1, 0.15) is 20.3 Å². The van der Waals surface area contributed by atoms with E-state index in [2.05, 4.69) is 15.3 Å². The Hall–Kier alpha value is -0.700. The fourth-order valence-electron chi connectivity index (χ4n) is 1.04. The first kappa shape index (κ1) is 7.41. The molecule has 3 nitrogen and oxygen atoms in total. The van der Waals surface area contributed by atoms with Gasteiger partial charge in [-0.2, -0.15) is 0 Å². The maximum Gasteiger partial charge on any atom is 0.193 e. The minimum Gasteiger partial charge on any atom is -0.280 e. The van der Waals surface area contributed by atoms with Crippen LogP contribution in [0.5, 0.6) is 0 Å². The van der Waals surface area contributed by atoms with Crippen LogP contribution in [-0.2, 0) is 0 Å². The van der Waals surface area contributed by atoms with Crippen molar-refractivity contribution in [2.24, 2.45) is 9.98 Å². The summed E-state index contributed by atoms with van der Waals surface area (Å²) in [5, 5.41) is 2.99. The largest absolute Gasteiger partial charge is 0.280 e. The molecule has 0 bridgehead atoms. The van der Waals surface area contributed by atoms with Gasteiger partial charge in [0.05, 0.1) is 0 Å². The van der Waals surface area contributed by atoms with Gasteiger partial charge in [0.25, 0.3) is 0 Å². The first-order valence-corrected chi connectivity index (χ1v) is 3.46. The van der Waals surface area contributed by atoms with E-state index in [9.17, 15) is 0 Å². The zero-order valence-electron chi connectivity index (χ0n) is 6.68. The molecule has 1 aliphatic rings. The summed E-state index contributed by atoms with van der Waals surface area (Å²) in [6.45, 7) is 4.06. The van der Waals surface area contributed by atoms with Crippen molar-refractivity contribution in [3.8, 4) is 0 Å². The average molecular weight is 139 g/mol. The molecule has 0 atom stereocenters. The van der Waals surface area contributed by atoms with Crippen molar-refractivity contribution >= 4 is 11.4 Å². The highest BCUT2D eigenvalue weighted by molar-refractivity contribution is 6.03. The number of nitrogens with one attached hydrogen (secondary N) is 1. The molecule has 1 aliphatic heterocycles. The normalized spacial score (nSPS) is 20.3. The Balaban J connectivity index is 2.67. The molecular weight excluding hydrogens is 126 g/mol. The molecule has 0 saturated carbocycles. The monoisotopic (exact) mass is 139 g/mol. The summed E-state index contributed by atoms with van der Waals surface area (Å²) in [5.74, 6) is 0. The average Bonchev–Trinajstić information content (AvgIpc) is 1.85. The minimum atomic E-state index is -0.0336. The van der Waals surface area contributed by atoms with Gasteiger partial charge in [0.2, 0.25) is 0 Å². The third-order valence-electron chi connectivity index (χ3n) is 1.46. The molecule has 0 fully saturated rings. The summed E-state index contributed by atoms with van der Waals surface area (Å²) < 4.78 is 0. The van der Waals surface area contributed by atoms with E-state index in [1.54, 1.807) is 0 Å². The Morgan fingerprint density at radius 3 is 2.20 bits per heavy atom. The second-order valence-corrected chi connectivity index (χ2v) is 2.57. The lowest BCUT2D eigenvalue weighted by molar-refractivity contribution is 0.607. The standard InChI is InChI=1S/C7H13N3/c1-5-4-6(2)10-7(8-3)9-5/h7-8H,4H2,1-3H3. The van der Waals surface area contributed by atoms with E-state index in [1.165, 1.54) is 0 Å². The number of hydrogen-bond acceptors (Lipinski definition) is 3. The molecule has 0 aromatic heterocycles. The van der Waals surface area contributed by atoms with Crippen molar-refractivity contribution in [2.75, 3.05) is 7.05 Å². The van der Waals surface area contributed by atoms with Gasteiger partial charge < -0.3 is 0 Å². The molecule has 0 aromatic rings. The van der Waals surface area contributed by atoms with E-state index >= 15 is 0 Å². The Labute approximate surface area is 61.3 Å². The maximum absolute atomic E-state index is 4.27. The van der Waals surface area contributed by atoms with Gasteiger partial charge in [-0.1, -0.05) is 0 Å². The van der Waals surface area contributed by atoms with E-state index in [-0.39, 0.29) is 6.29 Å². The van der Waals surface area contributed by atoms with Crippen LogP contribution < -0.4 is 5.32 Å². The van der Waals surface area contributed by atoms with E-state index in [0.29, 0.717) is 0 Å². The predicted octanol–water partition coefficient (Wildman–Crippen LogP) is 0.815. The van der Waals surface area contributed by atoms with E-state index in [4.69, 9.17) is 0 Å². The third kappa shape index (κ3) is 1.64. The first-order valence-electron chi connectivity index (χ1n) is 3.46. The van der Waals surface area contributed by atoms with Crippen molar-refractivity contribution in [3.63, 3.8) is 0 Å². The molecule has 0 unspecified atom stereocenters. The molecule has 0 saturated heterocycles. The summed E-state index contributed by atoms with van der Waals surface area (Å²) in [7, 11) is 1.86. The molecule has 0 radical (unpaired) electrons. The van der Waals surface area contributed by atoms with Gasteiger partial charge in [-0.3, -0.25) is 15.3 Å². The van der Waals surface area contributed by atoms with E-state index < -0.39 is 0 Å². The summed E-state index contributed by atoms with van der Waals surface area (Å²) in [6, 6.07) is 0. The fourth-order valence-corrected chi connectivity index (χ4v) is 1.04. The van der Waals surface area contributed by atoms with Crippen LogP contribution in [0.25, 0.3) is 0 Å². The van der Waals surface area contributed by atoms with Crippen LogP contribution in [0.15, 0.2) is 9.98 Å². The Kier molecular flexibility index (Phi) is 2.17. The molecule has 3 heteroatoms. The van der Waals surface area contributed by atoms with Crippen LogP contribution >= 0.6 is 0 Å². The van der Waals surface area contributed by atoms with Crippen LogP contribution in [0.2, 0.25) is 0 Å². The van der Waals surface area contributed by atoms with Gasteiger partial charge in [-0.05, 0) is 20.9 Å². The molecule has 1 heterocycles. The van der Waals surface area contributed by atoms with Gasteiger partial charge in [0.1, 0.15) is 0 Å². The molecule has 0 aliphatic carbocycles. The SMILES string of the molecule is CNC1N=C(C)CC(C)=N1. The van der Waals surface area contributed by atoms with Crippen LogP contribution in [0.3, 0.4) is 0 Å². The lowest BCUT2D eigenvalue weighted by Crippen LogP contribution is -2.26. The van der Waals surface area contributed by atoms with Crippen molar-refractivity contribution < 1.29 is 0 Å². The smallest absolute Gasteiger partial charge is 0.193 e. The topological polar surface area (TPSA) is 36.8 Å². The molecule has 56 valence electrons. The number of rotatable bonds is 1. The molecular formula is C7H13N3. The van der Waals surface area contributed by atoms with E-state index in [0.717, 1.165) is 17.8 Å². The second-order valence-electron chi connectivity index (χ2n) is 2.57. The molecule has 1 N–H and O–H groups in total. The van der Waals surface area contributed by atoms with Gasteiger partial charge in [0.15, 0.2) is 6.29 Å². The zero-order valence-corrected chi connectivity index (χ0v) is 6.68. The minimum absolute atomic E-state index is 0.0336. The zero-order chi connectivity index (χ0) is 7.56. The van der Waals surface area contributed by atoms with E-state index in [1.807, 2.05) is 20.9 Å². The highest BCUT2D eigenvalue weighted by Gasteiger charge is 2.08. The summed E-state index contributed by atoms with van der Waals surface area (Å²) in [4.78, 5) is 8.54. The molecule has 0 spiro atoms. The summed E-state index contributed by atoms with van der Waals surface area (Å²) in [6.07, 6.45) is 0.895. The van der Waals surface area contributed by atoms with Crippen molar-refractivity contribution in [3.05, 3.63) is 0 Å². The molecule has 1 rings (SSSR count). The van der Waals surface area contributed by atoms with Crippen molar-refractivity contribution in [1.29, 1.82) is 0 Å². The lowest BCUT2D eigenvalue weighted by atomic mass is 10.2. The number of hydrogen-bond donors (Lipinski definition) is 1. The Morgan fingerprint density at radius 2 is 1.80 bits per heavy atom. The van der Waals surface area contributed by atoms with Crippen molar-refractivity contribution in [1.82, 2.24) is 5.32 Å².